The maximum Gasteiger partial charge on any atom is 0.273 e. The zero-order chi connectivity index (χ0) is 12.3. The van der Waals surface area contributed by atoms with E-state index in [0.717, 1.165) is 19.5 Å². The van der Waals surface area contributed by atoms with E-state index in [-0.39, 0.29) is 5.91 Å². The van der Waals surface area contributed by atoms with E-state index in [1.807, 2.05) is 0 Å². The smallest absolute Gasteiger partial charge is 0.273 e. The zero-order valence-electron chi connectivity index (χ0n) is 10.3. The standard InChI is InChI=1S/C11H19N5O/c1-3-8(2)4-13-11(17)10-7-16(15-14-10)9-5-12-6-9/h7-9,12H,3-6H2,1-2H3,(H,13,17). The summed E-state index contributed by atoms with van der Waals surface area (Å²) in [4.78, 5) is 11.8. The Morgan fingerprint density at radius 1 is 1.71 bits per heavy atom. The number of nitrogens with one attached hydrogen (secondary N) is 2. The van der Waals surface area contributed by atoms with Crippen LogP contribution in [0, 0.1) is 5.92 Å². The highest BCUT2D eigenvalue weighted by atomic mass is 16.2. The zero-order valence-corrected chi connectivity index (χ0v) is 10.3. The summed E-state index contributed by atoms with van der Waals surface area (Å²) in [6, 6.07) is 0.346. The van der Waals surface area contributed by atoms with Gasteiger partial charge in [-0.1, -0.05) is 25.5 Å². The van der Waals surface area contributed by atoms with Crippen LogP contribution in [0.3, 0.4) is 0 Å². The molecule has 6 nitrogen and oxygen atoms in total. The van der Waals surface area contributed by atoms with Crippen LogP contribution in [0.2, 0.25) is 0 Å². The third-order valence-corrected chi connectivity index (χ3v) is 3.18. The number of carbonyl (C=O) groups excluding carboxylic acids is 1. The number of hydrogen-bond donors (Lipinski definition) is 2. The van der Waals surface area contributed by atoms with Crippen LogP contribution in [0.5, 0.6) is 0 Å². The van der Waals surface area contributed by atoms with E-state index in [1.54, 1.807) is 10.9 Å². The lowest BCUT2D eigenvalue weighted by molar-refractivity contribution is 0.0942. The average Bonchev–Trinajstić information content (AvgIpc) is 2.72. The molecule has 1 aliphatic heterocycles. The van der Waals surface area contributed by atoms with E-state index >= 15 is 0 Å². The highest BCUT2D eigenvalue weighted by molar-refractivity contribution is 5.91. The Balaban J connectivity index is 1.88. The SMILES string of the molecule is CCC(C)CNC(=O)c1cn(C2CNC2)nn1. The first-order valence-electron chi connectivity index (χ1n) is 6.11. The molecule has 1 fully saturated rings. The van der Waals surface area contributed by atoms with Crippen molar-refractivity contribution >= 4 is 5.91 Å². The topological polar surface area (TPSA) is 71.8 Å². The predicted octanol–water partition coefficient (Wildman–Crippen LogP) is 0.198. The minimum Gasteiger partial charge on any atom is -0.350 e. The fourth-order valence-electron chi connectivity index (χ4n) is 1.52. The van der Waals surface area contributed by atoms with Gasteiger partial charge in [0, 0.05) is 19.6 Å². The molecule has 1 aliphatic rings. The second-order valence-corrected chi connectivity index (χ2v) is 4.62. The van der Waals surface area contributed by atoms with Crippen molar-refractivity contribution in [1.82, 2.24) is 25.6 Å². The van der Waals surface area contributed by atoms with Crippen molar-refractivity contribution in [1.29, 1.82) is 0 Å². The number of aromatic nitrogens is 3. The summed E-state index contributed by atoms with van der Waals surface area (Å²) in [6.45, 7) is 6.70. The van der Waals surface area contributed by atoms with Gasteiger partial charge in [0.05, 0.1) is 12.2 Å². The molecule has 1 unspecified atom stereocenters. The van der Waals surface area contributed by atoms with E-state index in [2.05, 4.69) is 34.8 Å². The van der Waals surface area contributed by atoms with Crippen LogP contribution in [-0.2, 0) is 0 Å². The second kappa shape index (κ2) is 5.27. The third kappa shape index (κ3) is 2.82. The van der Waals surface area contributed by atoms with Gasteiger partial charge in [-0.2, -0.15) is 0 Å². The Labute approximate surface area is 101 Å². The van der Waals surface area contributed by atoms with Gasteiger partial charge in [-0.3, -0.25) is 4.79 Å². The molecule has 1 aromatic heterocycles. The molecule has 0 spiro atoms. The fraction of sp³-hybridized carbons (Fsp3) is 0.727. The summed E-state index contributed by atoms with van der Waals surface area (Å²) >= 11 is 0. The van der Waals surface area contributed by atoms with Gasteiger partial charge in [-0.25, -0.2) is 4.68 Å². The maximum absolute atomic E-state index is 11.8. The second-order valence-electron chi connectivity index (χ2n) is 4.62. The van der Waals surface area contributed by atoms with E-state index in [1.165, 1.54) is 0 Å². The normalized spacial score (nSPS) is 17.5. The molecule has 0 saturated carbocycles. The molecule has 1 saturated heterocycles. The van der Waals surface area contributed by atoms with E-state index in [0.29, 0.717) is 24.2 Å². The Kier molecular flexibility index (Phi) is 3.73. The molecule has 0 bridgehead atoms. The lowest BCUT2D eigenvalue weighted by Crippen LogP contribution is -2.43. The highest BCUT2D eigenvalue weighted by Crippen LogP contribution is 2.09. The van der Waals surface area contributed by atoms with Crippen LogP contribution >= 0.6 is 0 Å². The number of hydrogen-bond acceptors (Lipinski definition) is 4. The molecule has 0 aliphatic carbocycles. The van der Waals surface area contributed by atoms with Gasteiger partial charge >= 0.3 is 0 Å². The first-order valence-corrected chi connectivity index (χ1v) is 6.11. The van der Waals surface area contributed by atoms with Crippen LogP contribution in [0.4, 0.5) is 0 Å². The summed E-state index contributed by atoms with van der Waals surface area (Å²) in [5.41, 5.74) is 0.403. The Bertz CT molecular complexity index is 385. The van der Waals surface area contributed by atoms with Gasteiger partial charge < -0.3 is 10.6 Å². The Hall–Kier alpha value is -1.43. The quantitative estimate of drug-likeness (QED) is 0.767. The van der Waals surface area contributed by atoms with Crippen molar-refractivity contribution < 1.29 is 4.79 Å². The summed E-state index contributed by atoms with van der Waals surface area (Å²) < 4.78 is 1.76. The first kappa shape index (κ1) is 12.0. The van der Waals surface area contributed by atoms with E-state index in [9.17, 15) is 4.79 Å². The highest BCUT2D eigenvalue weighted by Gasteiger charge is 2.21. The molecule has 1 amide bonds. The lowest BCUT2D eigenvalue weighted by atomic mass is 10.1. The van der Waals surface area contributed by atoms with Crippen LogP contribution in [0.25, 0.3) is 0 Å². The summed E-state index contributed by atoms with van der Waals surface area (Å²) in [5.74, 6) is 0.355. The largest absolute Gasteiger partial charge is 0.350 e. The minimum absolute atomic E-state index is 0.135. The van der Waals surface area contributed by atoms with Crippen LogP contribution in [-0.4, -0.2) is 40.5 Å². The van der Waals surface area contributed by atoms with Crippen molar-refractivity contribution in [3.63, 3.8) is 0 Å². The number of rotatable bonds is 5. The number of amides is 1. The van der Waals surface area contributed by atoms with Crippen molar-refractivity contribution in [2.75, 3.05) is 19.6 Å². The van der Waals surface area contributed by atoms with Crippen LogP contribution in [0.15, 0.2) is 6.20 Å². The minimum atomic E-state index is -0.135. The first-order chi connectivity index (χ1) is 8.20. The van der Waals surface area contributed by atoms with Gasteiger partial charge in [0.1, 0.15) is 0 Å². The lowest BCUT2D eigenvalue weighted by Gasteiger charge is -2.26. The average molecular weight is 237 g/mol. The van der Waals surface area contributed by atoms with Crippen molar-refractivity contribution in [3.05, 3.63) is 11.9 Å². The maximum atomic E-state index is 11.8. The molecule has 1 atom stereocenters. The van der Waals surface area contributed by atoms with Crippen LogP contribution < -0.4 is 10.6 Å². The van der Waals surface area contributed by atoms with Crippen molar-refractivity contribution in [3.8, 4) is 0 Å². The molecule has 2 rings (SSSR count). The molecule has 2 heterocycles. The van der Waals surface area contributed by atoms with Crippen LogP contribution in [0.1, 0.15) is 36.8 Å². The van der Waals surface area contributed by atoms with Gasteiger partial charge in [-0.15, -0.1) is 5.10 Å². The predicted molar refractivity (Wildman–Crippen MR) is 63.7 cm³/mol. The molecule has 17 heavy (non-hydrogen) atoms. The van der Waals surface area contributed by atoms with E-state index < -0.39 is 0 Å². The molecule has 94 valence electrons. The summed E-state index contributed by atoms with van der Waals surface area (Å²) in [5, 5.41) is 13.9. The van der Waals surface area contributed by atoms with Gasteiger partial charge in [0.2, 0.25) is 0 Å². The van der Waals surface area contributed by atoms with Crippen molar-refractivity contribution in [2.24, 2.45) is 5.92 Å². The number of nitrogens with zero attached hydrogens (tertiary/aromatic N) is 3. The van der Waals surface area contributed by atoms with Gasteiger partial charge in [-0.05, 0) is 5.92 Å². The molecular weight excluding hydrogens is 218 g/mol. The molecule has 2 N–H and O–H groups in total. The summed E-state index contributed by atoms with van der Waals surface area (Å²) in [7, 11) is 0. The molecule has 0 radical (unpaired) electrons. The Morgan fingerprint density at radius 2 is 2.47 bits per heavy atom. The molecular formula is C11H19N5O. The number of carbonyl (C=O) groups is 1. The van der Waals surface area contributed by atoms with Crippen molar-refractivity contribution in [2.45, 2.75) is 26.3 Å². The third-order valence-electron chi connectivity index (χ3n) is 3.18. The monoisotopic (exact) mass is 237 g/mol. The fourth-order valence-corrected chi connectivity index (χ4v) is 1.52. The molecule has 1 aromatic rings. The van der Waals surface area contributed by atoms with E-state index in [4.69, 9.17) is 0 Å². The summed E-state index contributed by atoms with van der Waals surface area (Å²) in [6.07, 6.45) is 2.78. The van der Waals surface area contributed by atoms with Gasteiger partial charge in [0.25, 0.3) is 5.91 Å². The molecule has 0 aromatic carbocycles. The van der Waals surface area contributed by atoms with Gasteiger partial charge in [0.15, 0.2) is 5.69 Å². The Morgan fingerprint density at radius 3 is 3.06 bits per heavy atom. The molecule has 6 heteroatoms.